The summed E-state index contributed by atoms with van der Waals surface area (Å²) in [6.45, 7) is 0. The van der Waals surface area contributed by atoms with Gasteiger partial charge in [-0.25, -0.2) is 21.6 Å². The highest BCUT2D eigenvalue weighted by atomic mass is 32.2. The van der Waals surface area contributed by atoms with Crippen LogP contribution in [0.5, 0.6) is 0 Å². The molecule has 1 aliphatic carbocycles. The normalized spacial score (nSPS) is 14.6. The molecular weight excluding hydrogens is 452 g/mol. The van der Waals surface area contributed by atoms with E-state index in [0.29, 0.717) is 5.69 Å². The maximum Gasteiger partial charge on any atom is 0.261 e. The third-order valence-electron chi connectivity index (χ3n) is 4.00. The fourth-order valence-electron chi connectivity index (χ4n) is 2.40. The van der Waals surface area contributed by atoms with Crippen LogP contribution in [0.4, 0.5) is 5.69 Å². The van der Waals surface area contributed by atoms with E-state index in [0.717, 1.165) is 22.1 Å². The van der Waals surface area contributed by atoms with Gasteiger partial charge in [-0.3, -0.25) is 4.72 Å². The minimum absolute atomic E-state index is 0.0157. The monoisotopic (exact) mass is 468 g/mol. The lowest BCUT2D eigenvalue weighted by atomic mass is 10.3. The Kier molecular flexibility index (Phi) is 5.62. The number of rotatable bonds is 8. The smallest absolute Gasteiger partial charge is 0.261 e. The Balaban J connectivity index is 1.45. The van der Waals surface area contributed by atoms with Crippen LogP contribution in [0, 0.1) is 0 Å². The van der Waals surface area contributed by atoms with Crippen molar-refractivity contribution in [1.29, 1.82) is 0 Å². The molecule has 3 aromatic rings. The summed E-state index contributed by atoms with van der Waals surface area (Å²) in [5.74, 6) is 0. The zero-order valence-corrected chi connectivity index (χ0v) is 18.1. The van der Waals surface area contributed by atoms with Gasteiger partial charge in [-0.1, -0.05) is 23.1 Å². The topological polar surface area (TPSA) is 118 Å². The highest BCUT2D eigenvalue weighted by Crippen LogP contribution is 2.29. The fraction of sp³-hybridized carbons (Fsp3) is 0.176. The Bertz CT molecular complexity index is 1190. The summed E-state index contributed by atoms with van der Waals surface area (Å²) in [7, 11) is -7.46. The molecule has 1 aromatic heterocycles. The Morgan fingerprint density at radius 2 is 1.52 bits per heavy atom. The molecule has 0 aliphatic heterocycles. The van der Waals surface area contributed by atoms with Crippen molar-refractivity contribution in [3.63, 3.8) is 0 Å². The average molecular weight is 469 g/mol. The third kappa shape index (κ3) is 5.14. The zero-order chi connectivity index (χ0) is 20.5. The molecule has 8 nitrogen and oxygen atoms in total. The van der Waals surface area contributed by atoms with Crippen LogP contribution in [0.1, 0.15) is 12.8 Å². The van der Waals surface area contributed by atoms with Gasteiger partial charge in [-0.2, -0.15) is 0 Å². The van der Waals surface area contributed by atoms with Gasteiger partial charge in [0.15, 0.2) is 4.34 Å². The molecule has 0 saturated heterocycles. The number of nitrogens with zero attached hydrogens (tertiary/aromatic N) is 2. The number of nitrogens with one attached hydrogen (secondary N) is 2. The molecule has 0 bridgehead atoms. The molecule has 29 heavy (non-hydrogen) atoms. The number of sulfonamides is 2. The maximum atomic E-state index is 12.6. The zero-order valence-electron chi connectivity index (χ0n) is 14.8. The Hall–Kier alpha value is -1.99. The van der Waals surface area contributed by atoms with Gasteiger partial charge in [-0.15, -0.1) is 10.2 Å². The van der Waals surface area contributed by atoms with Crippen LogP contribution < -0.4 is 9.44 Å². The van der Waals surface area contributed by atoms with E-state index in [1.807, 2.05) is 0 Å². The lowest BCUT2D eigenvalue weighted by Crippen LogP contribution is -2.25. The standard InChI is InChI=1S/C17H16N4O4S4/c22-28(23,20-12-1-2-12)15-7-9-16(10-8-15)29(24,25)21-13-3-5-14(6-4-13)27-17-19-18-11-26-17/h3-12,20-21H,1-2H2. The van der Waals surface area contributed by atoms with Crippen LogP contribution in [0.25, 0.3) is 0 Å². The van der Waals surface area contributed by atoms with Crippen LogP contribution in [-0.4, -0.2) is 33.1 Å². The number of benzene rings is 2. The summed E-state index contributed by atoms with van der Waals surface area (Å²) in [6.07, 6.45) is 1.65. The van der Waals surface area contributed by atoms with Gasteiger partial charge in [0, 0.05) is 16.6 Å². The second kappa shape index (κ2) is 8.03. The van der Waals surface area contributed by atoms with Crippen molar-refractivity contribution >= 4 is 48.8 Å². The SMILES string of the molecule is O=S(=O)(Nc1ccc(Sc2nncs2)cc1)c1ccc(S(=O)(=O)NC2CC2)cc1. The average Bonchev–Trinajstić information content (AvgIpc) is 3.34. The first-order chi connectivity index (χ1) is 13.8. The molecule has 0 spiro atoms. The molecule has 0 atom stereocenters. The summed E-state index contributed by atoms with van der Waals surface area (Å²) >= 11 is 2.86. The Labute approximate surface area is 176 Å². The molecule has 4 rings (SSSR count). The van der Waals surface area contributed by atoms with E-state index in [2.05, 4.69) is 19.6 Å². The van der Waals surface area contributed by atoms with Gasteiger partial charge in [0.05, 0.1) is 9.79 Å². The third-order valence-corrected chi connectivity index (χ3v) is 8.71. The van der Waals surface area contributed by atoms with Gasteiger partial charge >= 0.3 is 0 Å². The number of hydrogen-bond donors (Lipinski definition) is 2. The molecule has 1 fully saturated rings. The van der Waals surface area contributed by atoms with Crippen molar-refractivity contribution in [1.82, 2.24) is 14.9 Å². The van der Waals surface area contributed by atoms with Crippen LogP contribution >= 0.6 is 23.1 Å². The van der Waals surface area contributed by atoms with E-state index in [1.54, 1.807) is 29.8 Å². The molecular formula is C17H16N4O4S4. The second-order valence-electron chi connectivity index (χ2n) is 6.30. The minimum Gasteiger partial charge on any atom is -0.280 e. The number of aromatic nitrogens is 2. The van der Waals surface area contributed by atoms with Gasteiger partial charge in [0.1, 0.15) is 5.51 Å². The van der Waals surface area contributed by atoms with Crippen LogP contribution in [0.2, 0.25) is 0 Å². The molecule has 0 unspecified atom stereocenters. The highest BCUT2D eigenvalue weighted by Gasteiger charge is 2.28. The van der Waals surface area contributed by atoms with E-state index < -0.39 is 20.0 Å². The van der Waals surface area contributed by atoms with E-state index in [-0.39, 0.29) is 15.8 Å². The largest absolute Gasteiger partial charge is 0.280 e. The Morgan fingerprint density at radius 1 is 0.897 bits per heavy atom. The fourth-order valence-corrected chi connectivity index (χ4v) is 6.21. The molecule has 2 N–H and O–H groups in total. The van der Waals surface area contributed by atoms with E-state index in [9.17, 15) is 16.8 Å². The predicted octanol–water partition coefficient (Wildman–Crippen LogP) is 2.93. The van der Waals surface area contributed by atoms with Crippen molar-refractivity contribution in [2.75, 3.05) is 4.72 Å². The van der Waals surface area contributed by atoms with Crippen LogP contribution in [-0.2, 0) is 20.0 Å². The first kappa shape index (κ1) is 20.3. The predicted molar refractivity (Wildman–Crippen MR) is 111 cm³/mol. The van der Waals surface area contributed by atoms with E-state index in [1.165, 1.54) is 47.4 Å². The Morgan fingerprint density at radius 3 is 2.07 bits per heavy atom. The minimum atomic E-state index is -3.84. The quantitative estimate of drug-likeness (QED) is 0.522. The highest BCUT2D eigenvalue weighted by molar-refractivity contribution is 8.01. The molecule has 0 amide bonds. The van der Waals surface area contributed by atoms with Gasteiger partial charge < -0.3 is 0 Å². The molecule has 2 aromatic carbocycles. The van der Waals surface area contributed by atoms with Crippen molar-refractivity contribution in [2.45, 2.75) is 37.9 Å². The summed E-state index contributed by atoms with van der Waals surface area (Å²) in [5.41, 5.74) is 2.04. The molecule has 1 heterocycles. The molecule has 1 saturated carbocycles. The second-order valence-corrected chi connectivity index (χ2v) is 11.9. The van der Waals surface area contributed by atoms with Crippen molar-refractivity contribution in [3.05, 3.63) is 54.0 Å². The maximum absolute atomic E-state index is 12.6. The molecule has 152 valence electrons. The molecule has 0 radical (unpaired) electrons. The van der Waals surface area contributed by atoms with Crippen molar-refractivity contribution < 1.29 is 16.8 Å². The molecule has 12 heteroatoms. The lowest BCUT2D eigenvalue weighted by Gasteiger charge is -2.10. The summed E-state index contributed by atoms with van der Waals surface area (Å²) in [4.78, 5) is 0.930. The van der Waals surface area contributed by atoms with E-state index >= 15 is 0 Å². The van der Waals surface area contributed by atoms with Crippen LogP contribution in [0.15, 0.2) is 73.1 Å². The summed E-state index contributed by atoms with van der Waals surface area (Å²) in [6, 6.07) is 12.0. The summed E-state index contributed by atoms with van der Waals surface area (Å²) < 4.78 is 55.4. The van der Waals surface area contributed by atoms with Crippen LogP contribution in [0.3, 0.4) is 0 Å². The first-order valence-electron chi connectivity index (χ1n) is 8.51. The van der Waals surface area contributed by atoms with Crippen molar-refractivity contribution in [2.24, 2.45) is 0 Å². The van der Waals surface area contributed by atoms with Gasteiger partial charge in [0.2, 0.25) is 10.0 Å². The van der Waals surface area contributed by atoms with Crippen molar-refractivity contribution in [3.8, 4) is 0 Å². The van der Waals surface area contributed by atoms with Gasteiger partial charge in [-0.05, 0) is 61.4 Å². The lowest BCUT2D eigenvalue weighted by molar-refractivity contribution is 0.580. The first-order valence-corrected chi connectivity index (χ1v) is 13.2. The number of anilines is 1. The summed E-state index contributed by atoms with van der Waals surface area (Å²) in [5, 5.41) is 7.72. The van der Waals surface area contributed by atoms with E-state index in [4.69, 9.17) is 0 Å². The van der Waals surface area contributed by atoms with Gasteiger partial charge in [0.25, 0.3) is 10.0 Å². The molecule has 1 aliphatic rings. The number of hydrogen-bond acceptors (Lipinski definition) is 8.